The van der Waals surface area contributed by atoms with Crippen molar-refractivity contribution >= 4 is 17.6 Å². The number of morpholine rings is 1. The van der Waals surface area contributed by atoms with Crippen LogP contribution in [0.2, 0.25) is 0 Å². The Morgan fingerprint density at radius 3 is 2.29 bits per heavy atom. The Hall–Kier alpha value is -3.96. The number of anilines is 1. The predicted molar refractivity (Wildman–Crippen MR) is 147 cm³/mol. The van der Waals surface area contributed by atoms with Gasteiger partial charge in [0.25, 0.3) is 5.91 Å². The Labute approximate surface area is 236 Å². The van der Waals surface area contributed by atoms with Crippen molar-refractivity contribution < 1.29 is 37.3 Å². The molecule has 2 aromatic carbocycles. The number of aromatic carboxylic acids is 1. The Morgan fingerprint density at radius 2 is 1.71 bits per heavy atom. The van der Waals surface area contributed by atoms with E-state index in [1.165, 1.54) is 23.2 Å². The molecule has 8 nitrogen and oxygen atoms in total. The maximum absolute atomic E-state index is 14.1. The van der Waals surface area contributed by atoms with E-state index >= 15 is 0 Å². The highest BCUT2D eigenvalue weighted by Crippen LogP contribution is 2.39. The minimum atomic E-state index is -4.77. The number of halogens is 3. The normalized spacial score (nSPS) is 15.0. The van der Waals surface area contributed by atoms with Crippen LogP contribution in [0.15, 0.2) is 54.7 Å². The van der Waals surface area contributed by atoms with Crippen molar-refractivity contribution in [2.75, 3.05) is 31.2 Å². The topological polar surface area (TPSA) is 92.2 Å². The van der Waals surface area contributed by atoms with Crippen molar-refractivity contribution in [2.45, 2.75) is 46.0 Å². The van der Waals surface area contributed by atoms with Gasteiger partial charge in [0.1, 0.15) is 11.3 Å². The van der Waals surface area contributed by atoms with Gasteiger partial charge in [-0.05, 0) is 69.7 Å². The van der Waals surface area contributed by atoms with Gasteiger partial charge >= 0.3 is 12.1 Å². The Bertz CT molecular complexity index is 1400. The minimum Gasteiger partial charge on any atom is -0.478 e. The van der Waals surface area contributed by atoms with E-state index in [4.69, 9.17) is 9.47 Å². The van der Waals surface area contributed by atoms with E-state index in [0.29, 0.717) is 37.4 Å². The lowest BCUT2D eigenvalue weighted by Gasteiger charge is -2.32. The molecule has 4 rings (SSSR count). The van der Waals surface area contributed by atoms with Gasteiger partial charge in [-0.15, -0.1) is 0 Å². The van der Waals surface area contributed by atoms with Gasteiger partial charge in [-0.25, -0.2) is 9.78 Å². The number of carbonyl (C=O) groups excluding carboxylic acids is 1. The summed E-state index contributed by atoms with van der Waals surface area (Å²) in [6.07, 6.45) is -3.44. The number of rotatable bonds is 8. The highest BCUT2D eigenvalue weighted by atomic mass is 19.4. The zero-order valence-corrected chi connectivity index (χ0v) is 23.2. The monoisotopic (exact) mass is 571 g/mol. The number of nitrogens with zero attached hydrogens (tertiary/aromatic N) is 3. The molecule has 1 aliphatic rings. The Kier molecular flexibility index (Phi) is 8.98. The number of benzene rings is 2. The molecule has 1 unspecified atom stereocenters. The van der Waals surface area contributed by atoms with Gasteiger partial charge in [0.2, 0.25) is 5.88 Å². The van der Waals surface area contributed by atoms with Crippen LogP contribution >= 0.6 is 0 Å². The largest absolute Gasteiger partial charge is 0.478 e. The number of hydrogen-bond donors (Lipinski definition) is 1. The standard InChI is InChI=1S/C30H32F3N3O5/c1-18(2)36(28(37)21-7-5-19(3)6-8-21)26-10-9-23(16-24(26)29(38)39)41-27-25(30(31,32)33)15-22(17-34-27)20(4)35-11-13-40-14-12-35/h5-10,15-18,20H,11-14H2,1-4H3,(H,38,39). The molecule has 1 fully saturated rings. The number of carboxylic acid groups (broad SMARTS) is 1. The van der Waals surface area contributed by atoms with E-state index in [0.717, 1.165) is 17.7 Å². The maximum atomic E-state index is 14.1. The second-order valence-corrected chi connectivity index (χ2v) is 10.2. The summed E-state index contributed by atoms with van der Waals surface area (Å²) >= 11 is 0. The van der Waals surface area contributed by atoms with E-state index in [9.17, 15) is 27.9 Å². The van der Waals surface area contributed by atoms with E-state index in [1.54, 1.807) is 45.0 Å². The van der Waals surface area contributed by atoms with Crippen molar-refractivity contribution in [3.05, 3.63) is 82.5 Å². The number of hydrogen-bond acceptors (Lipinski definition) is 6. The van der Waals surface area contributed by atoms with Crippen molar-refractivity contribution in [1.82, 2.24) is 9.88 Å². The highest BCUT2D eigenvalue weighted by Gasteiger charge is 2.37. The van der Waals surface area contributed by atoms with Crippen LogP contribution in [0.4, 0.5) is 18.9 Å². The van der Waals surface area contributed by atoms with E-state index in [2.05, 4.69) is 4.98 Å². The zero-order valence-electron chi connectivity index (χ0n) is 23.2. The summed E-state index contributed by atoms with van der Waals surface area (Å²) in [5, 5.41) is 9.98. The van der Waals surface area contributed by atoms with E-state index < -0.39 is 35.5 Å². The fourth-order valence-corrected chi connectivity index (χ4v) is 4.69. The van der Waals surface area contributed by atoms with Gasteiger partial charge in [0, 0.05) is 36.9 Å². The number of amides is 1. The summed E-state index contributed by atoms with van der Waals surface area (Å²) in [7, 11) is 0. The Morgan fingerprint density at radius 1 is 1.05 bits per heavy atom. The first kappa shape index (κ1) is 30.0. The lowest BCUT2D eigenvalue weighted by molar-refractivity contribution is -0.139. The molecule has 41 heavy (non-hydrogen) atoms. The van der Waals surface area contributed by atoms with Gasteiger partial charge in [-0.1, -0.05) is 17.7 Å². The van der Waals surface area contributed by atoms with Gasteiger partial charge < -0.3 is 19.5 Å². The smallest absolute Gasteiger partial charge is 0.421 e. The first-order chi connectivity index (χ1) is 19.4. The van der Waals surface area contributed by atoms with Crippen molar-refractivity contribution in [3.63, 3.8) is 0 Å². The number of alkyl halides is 3. The number of ether oxygens (including phenoxy) is 2. The molecule has 2 heterocycles. The third kappa shape index (κ3) is 6.86. The Balaban J connectivity index is 1.68. The summed E-state index contributed by atoms with van der Waals surface area (Å²) < 4.78 is 53.1. The minimum absolute atomic E-state index is 0.0871. The second kappa shape index (κ2) is 12.3. The van der Waals surface area contributed by atoms with Gasteiger partial charge in [0.05, 0.1) is 24.5 Å². The van der Waals surface area contributed by atoms with Crippen molar-refractivity contribution in [1.29, 1.82) is 0 Å². The zero-order chi connectivity index (χ0) is 29.9. The molecule has 0 radical (unpaired) electrons. The first-order valence-corrected chi connectivity index (χ1v) is 13.2. The van der Waals surface area contributed by atoms with Gasteiger partial charge in [-0.3, -0.25) is 9.69 Å². The molecule has 1 aromatic heterocycles. The second-order valence-electron chi connectivity index (χ2n) is 10.2. The molecule has 11 heteroatoms. The van der Waals surface area contributed by atoms with Crippen LogP contribution in [-0.4, -0.2) is 59.2 Å². The molecule has 0 saturated carbocycles. The maximum Gasteiger partial charge on any atom is 0.421 e. The van der Waals surface area contributed by atoms with Crippen LogP contribution in [0.1, 0.15) is 64.2 Å². The van der Waals surface area contributed by atoms with Crippen molar-refractivity contribution in [2.24, 2.45) is 0 Å². The third-order valence-corrected chi connectivity index (χ3v) is 6.96. The molecule has 1 saturated heterocycles. The number of carbonyl (C=O) groups is 2. The molecular formula is C30H32F3N3O5. The molecule has 1 atom stereocenters. The van der Waals surface area contributed by atoms with Crippen LogP contribution in [0.5, 0.6) is 11.6 Å². The van der Waals surface area contributed by atoms with E-state index in [1.807, 2.05) is 11.8 Å². The molecule has 1 aliphatic heterocycles. The highest BCUT2D eigenvalue weighted by molar-refractivity contribution is 6.09. The molecule has 1 amide bonds. The molecular weight excluding hydrogens is 539 g/mol. The summed E-state index contributed by atoms with van der Waals surface area (Å²) in [6, 6.07) is 10.9. The molecule has 3 aromatic rings. The average molecular weight is 572 g/mol. The molecule has 0 aliphatic carbocycles. The number of carboxylic acids is 1. The average Bonchev–Trinajstić information content (AvgIpc) is 2.93. The molecule has 0 bridgehead atoms. The van der Waals surface area contributed by atoms with Crippen molar-refractivity contribution in [3.8, 4) is 11.6 Å². The van der Waals surface area contributed by atoms with Crippen LogP contribution in [0.25, 0.3) is 0 Å². The van der Waals surface area contributed by atoms with Crippen LogP contribution < -0.4 is 9.64 Å². The van der Waals surface area contributed by atoms with Crippen LogP contribution in [-0.2, 0) is 10.9 Å². The molecule has 218 valence electrons. The SMILES string of the molecule is Cc1ccc(C(=O)N(c2ccc(Oc3ncc(C(C)N4CCOCC4)cc3C(F)(F)F)cc2C(=O)O)C(C)C)cc1. The predicted octanol–water partition coefficient (Wildman–Crippen LogP) is 6.35. The lowest BCUT2D eigenvalue weighted by Crippen LogP contribution is -2.38. The molecule has 1 N–H and O–H groups in total. The number of aromatic nitrogens is 1. The summed E-state index contributed by atoms with van der Waals surface area (Å²) in [4.78, 5) is 32.9. The number of pyridine rings is 1. The summed E-state index contributed by atoms with van der Waals surface area (Å²) in [5.41, 5.74) is 0.406. The lowest BCUT2D eigenvalue weighted by atomic mass is 10.1. The quantitative estimate of drug-likeness (QED) is 0.337. The van der Waals surface area contributed by atoms with Crippen LogP contribution in [0, 0.1) is 6.92 Å². The van der Waals surface area contributed by atoms with E-state index in [-0.39, 0.29) is 23.0 Å². The summed E-state index contributed by atoms with van der Waals surface area (Å²) in [6.45, 7) is 9.33. The number of aryl methyl sites for hydroxylation is 1. The third-order valence-electron chi connectivity index (χ3n) is 6.96. The van der Waals surface area contributed by atoms with Gasteiger partial charge in [-0.2, -0.15) is 13.2 Å². The fourth-order valence-electron chi connectivity index (χ4n) is 4.69. The van der Waals surface area contributed by atoms with Gasteiger partial charge in [0.15, 0.2) is 0 Å². The van der Waals surface area contributed by atoms with Crippen LogP contribution in [0.3, 0.4) is 0 Å². The fraction of sp³-hybridized carbons (Fsp3) is 0.367. The first-order valence-electron chi connectivity index (χ1n) is 13.2. The molecule has 0 spiro atoms. The summed E-state index contributed by atoms with van der Waals surface area (Å²) in [5.74, 6) is -2.64.